The number of carboxylic acid groups (broad SMARTS) is 1. The lowest BCUT2D eigenvalue weighted by molar-refractivity contribution is 0.0691. The van der Waals surface area contributed by atoms with Gasteiger partial charge in [0.2, 0.25) is 0 Å². The largest absolute Gasteiger partial charge is 0.478 e. The normalized spacial score (nSPS) is 10.1. The fourth-order valence-electron chi connectivity index (χ4n) is 1.70. The molecule has 0 aliphatic heterocycles. The third-order valence-electron chi connectivity index (χ3n) is 2.70. The van der Waals surface area contributed by atoms with Crippen molar-refractivity contribution in [1.82, 2.24) is 0 Å². The Morgan fingerprint density at radius 1 is 1.10 bits per heavy atom. The second-order valence-electron chi connectivity index (χ2n) is 4.14. The molecule has 6 nitrogen and oxygen atoms in total. The number of nitrogens with two attached hydrogens (primary N) is 2. The van der Waals surface area contributed by atoms with E-state index >= 15 is 0 Å². The number of carboxylic acids is 1. The Labute approximate surface area is 118 Å². The second-order valence-corrected chi connectivity index (χ2v) is 4.14. The minimum Gasteiger partial charge on any atom is -0.478 e. The third kappa shape index (κ3) is 2.92. The van der Waals surface area contributed by atoms with Crippen LogP contribution in [0.1, 0.15) is 20.7 Å². The highest BCUT2D eigenvalue weighted by Gasteiger charge is 2.16. The van der Waals surface area contributed by atoms with Crippen LogP contribution in [-0.2, 0) is 0 Å². The number of primary amides is 1. The van der Waals surface area contributed by atoms with Gasteiger partial charge in [-0.15, -0.1) is 0 Å². The van der Waals surface area contributed by atoms with Crippen molar-refractivity contribution in [2.75, 3.05) is 5.73 Å². The fraction of sp³-hybridized carbons (Fsp3) is 0. The monoisotopic (exact) mass is 290 g/mol. The molecule has 0 spiro atoms. The molecule has 1 amide bonds. The molecule has 0 saturated carbocycles. The predicted molar refractivity (Wildman–Crippen MR) is 72.8 cm³/mol. The van der Waals surface area contributed by atoms with Gasteiger partial charge >= 0.3 is 5.97 Å². The highest BCUT2D eigenvalue weighted by Crippen LogP contribution is 2.31. The minimum absolute atomic E-state index is 0.0759. The molecule has 2 aromatic carbocycles. The van der Waals surface area contributed by atoms with E-state index in [2.05, 4.69) is 0 Å². The third-order valence-corrected chi connectivity index (χ3v) is 2.70. The number of nitrogen functional groups attached to an aromatic ring is 1. The number of para-hydroxylation sites is 1. The van der Waals surface area contributed by atoms with E-state index in [-0.39, 0.29) is 22.7 Å². The molecule has 0 unspecified atom stereocenters. The van der Waals surface area contributed by atoms with Gasteiger partial charge in [-0.2, -0.15) is 0 Å². The van der Waals surface area contributed by atoms with E-state index in [1.165, 1.54) is 12.1 Å². The number of benzene rings is 2. The Kier molecular flexibility index (Phi) is 3.75. The van der Waals surface area contributed by atoms with E-state index in [0.29, 0.717) is 0 Å². The Balaban J connectivity index is 2.44. The molecular weight excluding hydrogens is 279 g/mol. The molecule has 7 heteroatoms. The summed E-state index contributed by atoms with van der Waals surface area (Å²) in [5.41, 5.74) is 10.3. The summed E-state index contributed by atoms with van der Waals surface area (Å²) in [4.78, 5) is 22.1. The van der Waals surface area contributed by atoms with Gasteiger partial charge in [0.25, 0.3) is 5.91 Å². The maximum absolute atomic E-state index is 13.6. The van der Waals surface area contributed by atoms with Crippen LogP contribution in [0.4, 0.5) is 10.1 Å². The number of amides is 1. The molecule has 0 radical (unpaired) electrons. The zero-order valence-electron chi connectivity index (χ0n) is 10.7. The number of ether oxygens (including phenoxy) is 1. The molecular formula is C14H11FN2O4. The number of hydrogen-bond acceptors (Lipinski definition) is 4. The lowest BCUT2D eigenvalue weighted by atomic mass is 10.1. The van der Waals surface area contributed by atoms with Gasteiger partial charge in [-0.3, -0.25) is 4.79 Å². The molecule has 0 bridgehead atoms. The van der Waals surface area contributed by atoms with Crippen LogP contribution in [0.5, 0.6) is 11.5 Å². The summed E-state index contributed by atoms with van der Waals surface area (Å²) in [5, 5.41) is 8.79. The number of hydrogen-bond donors (Lipinski definition) is 3. The summed E-state index contributed by atoms with van der Waals surface area (Å²) >= 11 is 0. The van der Waals surface area contributed by atoms with Crippen LogP contribution in [0.15, 0.2) is 36.4 Å². The Hall–Kier alpha value is -3.09. The van der Waals surface area contributed by atoms with E-state index in [1.54, 1.807) is 12.1 Å². The highest BCUT2D eigenvalue weighted by atomic mass is 19.1. The molecule has 5 N–H and O–H groups in total. The number of halogens is 1. The maximum atomic E-state index is 13.6. The van der Waals surface area contributed by atoms with Crippen LogP contribution in [-0.4, -0.2) is 17.0 Å². The molecule has 0 saturated heterocycles. The van der Waals surface area contributed by atoms with Crippen molar-refractivity contribution in [3.63, 3.8) is 0 Å². The van der Waals surface area contributed by atoms with Crippen LogP contribution in [0, 0.1) is 5.82 Å². The van der Waals surface area contributed by atoms with Crippen molar-refractivity contribution >= 4 is 17.6 Å². The molecule has 0 heterocycles. The molecule has 0 atom stereocenters. The van der Waals surface area contributed by atoms with Crippen LogP contribution >= 0.6 is 0 Å². The average Bonchev–Trinajstić information content (AvgIpc) is 2.42. The molecule has 0 aliphatic carbocycles. The second kappa shape index (κ2) is 5.49. The fourth-order valence-corrected chi connectivity index (χ4v) is 1.70. The van der Waals surface area contributed by atoms with Gasteiger partial charge in [0.15, 0.2) is 5.75 Å². The van der Waals surface area contributed by atoms with Gasteiger partial charge in [0.05, 0.1) is 16.8 Å². The molecule has 0 fully saturated rings. The summed E-state index contributed by atoms with van der Waals surface area (Å²) in [6.45, 7) is 0. The quantitative estimate of drug-likeness (QED) is 0.745. The van der Waals surface area contributed by atoms with Crippen LogP contribution < -0.4 is 16.2 Å². The Morgan fingerprint density at radius 2 is 1.76 bits per heavy atom. The summed E-state index contributed by atoms with van der Waals surface area (Å²) in [6, 6.07) is 7.87. The van der Waals surface area contributed by atoms with Gasteiger partial charge in [0, 0.05) is 6.07 Å². The zero-order chi connectivity index (χ0) is 15.6. The number of aromatic carboxylic acids is 1. The minimum atomic E-state index is -1.44. The molecule has 21 heavy (non-hydrogen) atoms. The molecule has 0 aromatic heterocycles. The molecule has 0 aliphatic rings. The van der Waals surface area contributed by atoms with E-state index < -0.39 is 23.3 Å². The summed E-state index contributed by atoms with van der Waals surface area (Å²) in [7, 11) is 0. The number of anilines is 1. The first-order valence-corrected chi connectivity index (χ1v) is 5.79. The van der Waals surface area contributed by atoms with Crippen molar-refractivity contribution in [2.24, 2.45) is 5.73 Å². The van der Waals surface area contributed by atoms with Crippen molar-refractivity contribution < 1.29 is 23.8 Å². The summed E-state index contributed by atoms with van der Waals surface area (Å²) < 4.78 is 19.0. The van der Waals surface area contributed by atoms with Gasteiger partial charge in [-0.05, 0) is 18.2 Å². The summed E-state index contributed by atoms with van der Waals surface area (Å²) in [5.74, 6) is -3.16. The van der Waals surface area contributed by atoms with Gasteiger partial charge in [0.1, 0.15) is 11.6 Å². The van der Waals surface area contributed by atoms with E-state index in [4.69, 9.17) is 21.3 Å². The van der Waals surface area contributed by atoms with Crippen LogP contribution in [0.3, 0.4) is 0 Å². The maximum Gasteiger partial charge on any atom is 0.338 e. The average molecular weight is 290 g/mol. The Bertz CT molecular complexity index is 731. The van der Waals surface area contributed by atoms with Crippen molar-refractivity contribution in [1.29, 1.82) is 0 Å². The number of carbonyl (C=O) groups excluding carboxylic acids is 1. The van der Waals surface area contributed by atoms with Crippen molar-refractivity contribution in [2.45, 2.75) is 0 Å². The first-order chi connectivity index (χ1) is 9.90. The number of rotatable bonds is 4. The van der Waals surface area contributed by atoms with E-state index in [9.17, 15) is 14.0 Å². The van der Waals surface area contributed by atoms with Crippen molar-refractivity contribution in [3.05, 3.63) is 53.3 Å². The van der Waals surface area contributed by atoms with Gasteiger partial charge in [-0.1, -0.05) is 12.1 Å². The van der Waals surface area contributed by atoms with Crippen LogP contribution in [0.25, 0.3) is 0 Å². The zero-order valence-corrected chi connectivity index (χ0v) is 10.7. The standard InChI is InChI=1S/C14H11FN2O4/c15-9-6-12(10(16)5-8(9)14(19)20)21-11-4-2-1-3-7(11)13(17)18/h1-6H,16H2,(H2,17,18)(H,19,20). The predicted octanol–water partition coefficient (Wildman–Crippen LogP) is 2.00. The lowest BCUT2D eigenvalue weighted by Crippen LogP contribution is -2.12. The topological polar surface area (TPSA) is 116 Å². The smallest absolute Gasteiger partial charge is 0.338 e. The SMILES string of the molecule is NC(=O)c1ccccc1Oc1cc(F)c(C(=O)O)cc1N. The van der Waals surface area contributed by atoms with E-state index in [0.717, 1.165) is 12.1 Å². The molecule has 2 rings (SSSR count). The van der Waals surface area contributed by atoms with E-state index in [1.807, 2.05) is 0 Å². The lowest BCUT2D eigenvalue weighted by Gasteiger charge is -2.12. The first-order valence-electron chi connectivity index (χ1n) is 5.79. The van der Waals surface area contributed by atoms with Crippen molar-refractivity contribution in [3.8, 4) is 11.5 Å². The summed E-state index contributed by atoms with van der Waals surface area (Å²) in [6.07, 6.45) is 0. The van der Waals surface area contributed by atoms with Gasteiger partial charge in [-0.25, -0.2) is 9.18 Å². The van der Waals surface area contributed by atoms with Gasteiger partial charge < -0.3 is 21.3 Å². The molecule has 2 aromatic rings. The van der Waals surface area contributed by atoms with Crippen LogP contribution in [0.2, 0.25) is 0 Å². The highest BCUT2D eigenvalue weighted by molar-refractivity contribution is 5.95. The molecule has 108 valence electrons. The first kappa shape index (κ1) is 14.3. The Morgan fingerprint density at radius 3 is 2.38 bits per heavy atom. The number of carbonyl (C=O) groups is 2.